The van der Waals surface area contributed by atoms with Crippen molar-refractivity contribution in [2.24, 2.45) is 4.99 Å². The van der Waals surface area contributed by atoms with Gasteiger partial charge >= 0.3 is 0 Å². The molecule has 1 nitrogen and oxygen atoms in total. The molecule has 0 saturated carbocycles. The SMILES string of the molecule is C1=CC=C(C#Cc2ccccc2)C=CN=1. The second-order valence-corrected chi connectivity index (χ2v) is 2.98. The summed E-state index contributed by atoms with van der Waals surface area (Å²) in [5.74, 6) is 8.90. The van der Waals surface area contributed by atoms with Gasteiger partial charge in [-0.25, -0.2) is 4.99 Å². The lowest BCUT2D eigenvalue weighted by Gasteiger charge is -1.87. The summed E-state index contributed by atoms with van der Waals surface area (Å²) in [5.41, 5.74) is 1.95. The Bertz CT molecular complexity index is 515. The van der Waals surface area contributed by atoms with Gasteiger partial charge in [-0.15, -0.1) is 0 Å². The molecule has 0 N–H and O–H groups in total. The molecule has 1 heterocycles. The molecule has 1 aromatic rings. The van der Waals surface area contributed by atoms with Crippen LogP contribution >= 0.6 is 0 Å². The van der Waals surface area contributed by atoms with Crippen LogP contribution in [0.4, 0.5) is 0 Å². The zero-order valence-corrected chi connectivity index (χ0v) is 8.14. The Morgan fingerprint density at radius 2 is 1.93 bits per heavy atom. The molecule has 0 saturated heterocycles. The molecule has 2 rings (SSSR count). The van der Waals surface area contributed by atoms with Crippen molar-refractivity contribution in [1.82, 2.24) is 0 Å². The van der Waals surface area contributed by atoms with Crippen LogP contribution in [0.1, 0.15) is 5.56 Å². The molecule has 0 unspecified atom stereocenters. The molecule has 0 spiro atoms. The summed E-state index contributed by atoms with van der Waals surface area (Å²) in [6.07, 6.45) is 7.21. The van der Waals surface area contributed by atoms with E-state index in [1.807, 2.05) is 42.5 Å². The maximum Gasteiger partial charge on any atom is 0.0380 e. The minimum Gasteiger partial charge on any atom is -0.214 e. The first-order valence-corrected chi connectivity index (χ1v) is 4.68. The van der Waals surface area contributed by atoms with Gasteiger partial charge in [0.1, 0.15) is 0 Å². The number of hydrogen-bond acceptors (Lipinski definition) is 1. The average molecular weight is 191 g/mol. The number of aliphatic imine (C=N–C) groups is 1. The summed E-state index contributed by atoms with van der Waals surface area (Å²) in [5, 5.41) is 0. The van der Waals surface area contributed by atoms with Gasteiger partial charge in [0.15, 0.2) is 0 Å². The first-order valence-electron chi connectivity index (χ1n) is 4.68. The van der Waals surface area contributed by atoms with E-state index in [-0.39, 0.29) is 0 Å². The van der Waals surface area contributed by atoms with Crippen molar-refractivity contribution in [2.45, 2.75) is 0 Å². The fourth-order valence-electron chi connectivity index (χ4n) is 1.14. The molecule has 0 bridgehead atoms. The summed E-state index contributed by atoms with van der Waals surface area (Å²) in [7, 11) is 0. The normalized spacial score (nSPS) is 12.7. The minimum atomic E-state index is 0.938. The molecule has 1 aromatic carbocycles. The third kappa shape index (κ3) is 2.84. The van der Waals surface area contributed by atoms with Crippen LogP contribution < -0.4 is 0 Å². The van der Waals surface area contributed by atoms with Crippen LogP contribution in [-0.2, 0) is 0 Å². The van der Waals surface area contributed by atoms with E-state index < -0.39 is 0 Å². The highest BCUT2D eigenvalue weighted by Gasteiger charge is 1.86. The van der Waals surface area contributed by atoms with Crippen molar-refractivity contribution in [3.8, 4) is 11.8 Å². The molecule has 15 heavy (non-hydrogen) atoms. The van der Waals surface area contributed by atoms with E-state index in [0.717, 1.165) is 11.1 Å². The van der Waals surface area contributed by atoms with Crippen molar-refractivity contribution < 1.29 is 0 Å². The first-order chi connectivity index (χ1) is 7.45. The highest BCUT2D eigenvalue weighted by atomic mass is 14.6. The first kappa shape index (κ1) is 9.27. The maximum atomic E-state index is 3.87. The number of nitrogens with zero attached hydrogens (tertiary/aromatic N) is 1. The zero-order chi connectivity index (χ0) is 10.3. The van der Waals surface area contributed by atoms with Gasteiger partial charge in [0.2, 0.25) is 0 Å². The fraction of sp³-hybridized carbons (Fsp3) is 0. The lowest BCUT2D eigenvalue weighted by atomic mass is 10.2. The Kier molecular flexibility index (Phi) is 2.97. The Hall–Kier alpha value is -2.29. The van der Waals surface area contributed by atoms with Crippen LogP contribution in [0, 0.1) is 11.8 Å². The lowest BCUT2D eigenvalue weighted by Crippen LogP contribution is -1.73. The van der Waals surface area contributed by atoms with E-state index in [2.05, 4.69) is 22.7 Å². The van der Waals surface area contributed by atoms with E-state index in [4.69, 9.17) is 0 Å². The fourth-order valence-corrected chi connectivity index (χ4v) is 1.14. The highest BCUT2D eigenvalue weighted by molar-refractivity contribution is 5.60. The molecule has 0 radical (unpaired) electrons. The van der Waals surface area contributed by atoms with Gasteiger partial charge in [-0.1, -0.05) is 30.0 Å². The molecular formula is C14H9N. The summed E-state index contributed by atoms with van der Waals surface area (Å²) < 4.78 is 0. The molecule has 0 aliphatic carbocycles. The Labute approximate surface area is 89.2 Å². The Morgan fingerprint density at radius 3 is 2.80 bits per heavy atom. The van der Waals surface area contributed by atoms with Gasteiger partial charge in [0.05, 0.1) is 0 Å². The van der Waals surface area contributed by atoms with Crippen LogP contribution in [-0.4, -0.2) is 5.87 Å². The van der Waals surface area contributed by atoms with Crippen molar-refractivity contribution in [1.29, 1.82) is 0 Å². The average Bonchev–Trinajstić information content (AvgIpc) is 2.56. The predicted octanol–water partition coefficient (Wildman–Crippen LogP) is 2.72. The molecule has 0 aromatic heterocycles. The van der Waals surface area contributed by atoms with E-state index in [0.29, 0.717) is 0 Å². The van der Waals surface area contributed by atoms with Crippen LogP contribution in [0.15, 0.2) is 65.3 Å². The third-order valence-corrected chi connectivity index (χ3v) is 1.87. The summed E-state index contributed by atoms with van der Waals surface area (Å²) in [6, 6.07) is 9.90. The molecule has 1 aliphatic heterocycles. The molecule has 1 aliphatic rings. The standard InChI is InChI=1S/C14H9N/c1-2-5-13(6-3-1)8-9-14-7-4-11-15-12-10-14/h1-7,10,12H. The quantitative estimate of drug-likeness (QED) is 0.559. The van der Waals surface area contributed by atoms with E-state index >= 15 is 0 Å². The van der Waals surface area contributed by atoms with Gasteiger partial charge in [-0.05, 0) is 30.2 Å². The molecule has 0 amide bonds. The predicted molar refractivity (Wildman–Crippen MR) is 62.5 cm³/mol. The van der Waals surface area contributed by atoms with Gasteiger partial charge in [0.25, 0.3) is 0 Å². The Morgan fingerprint density at radius 1 is 1.07 bits per heavy atom. The van der Waals surface area contributed by atoms with E-state index in [1.165, 1.54) is 0 Å². The van der Waals surface area contributed by atoms with Crippen molar-refractivity contribution in [3.63, 3.8) is 0 Å². The van der Waals surface area contributed by atoms with Gasteiger partial charge in [-0.2, -0.15) is 0 Å². The number of rotatable bonds is 0. The molecule has 0 atom stereocenters. The molecule has 1 heteroatoms. The van der Waals surface area contributed by atoms with Crippen molar-refractivity contribution in [2.75, 3.05) is 0 Å². The number of benzene rings is 1. The van der Waals surface area contributed by atoms with Gasteiger partial charge in [-0.3, -0.25) is 0 Å². The Balaban J connectivity index is 2.20. The summed E-state index contributed by atoms with van der Waals surface area (Å²) >= 11 is 0. The smallest absolute Gasteiger partial charge is 0.0380 e. The van der Waals surface area contributed by atoms with Gasteiger partial charge < -0.3 is 0 Å². The minimum absolute atomic E-state index is 0.938. The second-order valence-electron chi connectivity index (χ2n) is 2.98. The summed E-state index contributed by atoms with van der Waals surface area (Å²) in [4.78, 5) is 3.87. The summed E-state index contributed by atoms with van der Waals surface area (Å²) in [6.45, 7) is 0. The topological polar surface area (TPSA) is 12.4 Å². The molecular weight excluding hydrogens is 182 g/mol. The van der Waals surface area contributed by atoms with Gasteiger partial charge in [0, 0.05) is 23.4 Å². The van der Waals surface area contributed by atoms with E-state index in [1.54, 1.807) is 12.3 Å². The van der Waals surface area contributed by atoms with Crippen molar-refractivity contribution in [3.05, 3.63) is 65.9 Å². The second kappa shape index (κ2) is 4.81. The van der Waals surface area contributed by atoms with Crippen LogP contribution in [0.25, 0.3) is 0 Å². The lowest BCUT2D eigenvalue weighted by molar-refractivity contribution is 1.59. The van der Waals surface area contributed by atoms with Crippen molar-refractivity contribution >= 4 is 5.87 Å². The number of hydrogen-bond donors (Lipinski definition) is 0. The largest absolute Gasteiger partial charge is 0.214 e. The van der Waals surface area contributed by atoms with Crippen LogP contribution in [0.3, 0.4) is 0 Å². The van der Waals surface area contributed by atoms with Crippen LogP contribution in [0.2, 0.25) is 0 Å². The monoisotopic (exact) mass is 191 g/mol. The van der Waals surface area contributed by atoms with Crippen LogP contribution in [0.5, 0.6) is 0 Å². The molecule has 0 fully saturated rings. The third-order valence-electron chi connectivity index (χ3n) is 1.87. The maximum absolute atomic E-state index is 3.87. The zero-order valence-electron chi connectivity index (χ0n) is 8.14. The van der Waals surface area contributed by atoms with E-state index in [9.17, 15) is 0 Å². The molecule has 70 valence electrons. The number of allylic oxidation sites excluding steroid dienone is 4. The highest BCUT2D eigenvalue weighted by Crippen LogP contribution is 2.00.